The Labute approximate surface area is 170 Å². The first-order valence-corrected chi connectivity index (χ1v) is 10.6. The number of anilines is 1. The molecule has 1 N–H and O–H groups in total. The van der Waals surface area contributed by atoms with Gasteiger partial charge in [0.25, 0.3) is 10.0 Å². The van der Waals surface area contributed by atoms with Gasteiger partial charge >= 0.3 is 0 Å². The Kier molecular flexibility index (Phi) is 4.94. The molecule has 0 aliphatic rings. The fraction of sp³-hybridized carbons (Fsp3) is 0.0870. The number of pyridine rings is 1. The van der Waals surface area contributed by atoms with Gasteiger partial charge in [0.1, 0.15) is 5.75 Å². The minimum atomic E-state index is -3.76. The summed E-state index contributed by atoms with van der Waals surface area (Å²) < 4.78 is 34.0. The average molecular weight is 404 g/mol. The van der Waals surface area contributed by atoms with E-state index in [0.717, 1.165) is 11.1 Å². The van der Waals surface area contributed by atoms with Crippen molar-refractivity contribution in [2.45, 2.75) is 11.8 Å². The van der Waals surface area contributed by atoms with Crippen LogP contribution < -0.4 is 9.46 Å². The Balaban J connectivity index is 1.87. The fourth-order valence-electron chi connectivity index (χ4n) is 3.09. The number of ether oxygens (including phenoxy) is 1. The number of methoxy groups -OCH3 is 1. The van der Waals surface area contributed by atoms with Crippen molar-refractivity contribution < 1.29 is 13.2 Å². The Bertz CT molecular complexity index is 1270. The van der Waals surface area contributed by atoms with Crippen molar-refractivity contribution in [1.29, 1.82) is 0 Å². The highest BCUT2D eigenvalue weighted by molar-refractivity contribution is 7.92. The molecule has 0 saturated carbocycles. The van der Waals surface area contributed by atoms with E-state index in [0.29, 0.717) is 28.0 Å². The predicted octanol–water partition coefficient (Wildman–Crippen LogP) is 5.02. The second-order valence-electron chi connectivity index (χ2n) is 6.72. The molecular formula is C23H20N2O3S. The van der Waals surface area contributed by atoms with Gasteiger partial charge in [-0.05, 0) is 43.3 Å². The summed E-state index contributed by atoms with van der Waals surface area (Å²) in [6.07, 6.45) is 0. The van der Waals surface area contributed by atoms with Crippen molar-refractivity contribution in [3.05, 3.63) is 84.4 Å². The smallest absolute Gasteiger partial charge is 0.261 e. The lowest BCUT2D eigenvalue weighted by atomic mass is 10.1. The number of aromatic nitrogens is 1. The maximum absolute atomic E-state index is 13.0. The predicted molar refractivity (Wildman–Crippen MR) is 116 cm³/mol. The normalized spacial score (nSPS) is 11.4. The summed E-state index contributed by atoms with van der Waals surface area (Å²) in [5, 5.41) is 0.666. The molecule has 5 nitrogen and oxygen atoms in total. The van der Waals surface area contributed by atoms with E-state index in [1.807, 2.05) is 49.4 Å². The Morgan fingerprint density at radius 3 is 2.31 bits per heavy atom. The van der Waals surface area contributed by atoms with Crippen LogP contribution >= 0.6 is 0 Å². The number of hydrogen-bond acceptors (Lipinski definition) is 4. The highest BCUT2D eigenvalue weighted by Crippen LogP contribution is 2.32. The van der Waals surface area contributed by atoms with Crippen LogP contribution in [0.5, 0.6) is 5.75 Å². The summed E-state index contributed by atoms with van der Waals surface area (Å²) in [4.78, 5) is 4.91. The van der Waals surface area contributed by atoms with Crippen LogP contribution in [0, 0.1) is 6.92 Å². The maximum atomic E-state index is 13.0. The van der Waals surface area contributed by atoms with Gasteiger partial charge in [0.05, 0.1) is 28.9 Å². The van der Waals surface area contributed by atoms with Gasteiger partial charge in [-0.3, -0.25) is 4.72 Å². The van der Waals surface area contributed by atoms with Gasteiger partial charge in [-0.15, -0.1) is 0 Å². The molecule has 4 aromatic rings. The topological polar surface area (TPSA) is 68.3 Å². The minimum Gasteiger partial charge on any atom is -0.497 e. The quantitative estimate of drug-likeness (QED) is 0.507. The SMILES string of the molecule is COc1ccc2nc(-c3ccccc3)cc(NS(=O)(=O)c3ccc(C)cc3)c2c1. The molecule has 6 heteroatoms. The monoisotopic (exact) mass is 404 g/mol. The molecule has 0 amide bonds. The molecule has 0 spiro atoms. The van der Waals surface area contributed by atoms with E-state index in [4.69, 9.17) is 9.72 Å². The zero-order valence-electron chi connectivity index (χ0n) is 16.1. The molecule has 0 aliphatic carbocycles. The third kappa shape index (κ3) is 3.93. The third-order valence-corrected chi connectivity index (χ3v) is 6.04. The molecule has 4 rings (SSSR count). The molecule has 0 fully saturated rings. The molecule has 1 aromatic heterocycles. The maximum Gasteiger partial charge on any atom is 0.261 e. The first-order chi connectivity index (χ1) is 14.0. The molecule has 0 saturated heterocycles. The number of hydrogen-bond donors (Lipinski definition) is 1. The van der Waals surface area contributed by atoms with E-state index < -0.39 is 10.0 Å². The van der Waals surface area contributed by atoms with Gasteiger partial charge in [0, 0.05) is 10.9 Å². The van der Waals surface area contributed by atoms with Gasteiger partial charge < -0.3 is 4.74 Å². The number of sulfonamides is 1. The fourth-order valence-corrected chi connectivity index (χ4v) is 4.16. The van der Waals surface area contributed by atoms with Crippen molar-refractivity contribution in [3.63, 3.8) is 0 Å². The van der Waals surface area contributed by atoms with Crippen LogP contribution in [-0.4, -0.2) is 20.5 Å². The number of nitrogens with zero attached hydrogens (tertiary/aromatic N) is 1. The minimum absolute atomic E-state index is 0.206. The summed E-state index contributed by atoms with van der Waals surface area (Å²) in [5.74, 6) is 0.627. The van der Waals surface area contributed by atoms with Gasteiger partial charge in [-0.25, -0.2) is 13.4 Å². The van der Waals surface area contributed by atoms with Gasteiger partial charge in [-0.2, -0.15) is 0 Å². The highest BCUT2D eigenvalue weighted by Gasteiger charge is 2.17. The number of rotatable bonds is 5. The zero-order chi connectivity index (χ0) is 20.4. The molecule has 3 aromatic carbocycles. The van der Waals surface area contributed by atoms with Gasteiger partial charge in [0.2, 0.25) is 0 Å². The van der Waals surface area contributed by atoms with Crippen LogP contribution in [0.15, 0.2) is 83.8 Å². The van der Waals surface area contributed by atoms with E-state index in [9.17, 15) is 8.42 Å². The van der Waals surface area contributed by atoms with E-state index in [2.05, 4.69) is 4.72 Å². The summed E-state index contributed by atoms with van der Waals surface area (Å²) in [5.41, 5.74) is 3.71. The average Bonchev–Trinajstić information content (AvgIpc) is 2.74. The van der Waals surface area contributed by atoms with Crippen molar-refractivity contribution in [2.75, 3.05) is 11.8 Å². The van der Waals surface area contributed by atoms with Crippen molar-refractivity contribution in [2.24, 2.45) is 0 Å². The Morgan fingerprint density at radius 2 is 1.62 bits per heavy atom. The van der Waals surface area contributed by atoms with Crippen LogP contribution in [0.3, 0.4) is 0 Å². The van der Waals surface area contributed by atoms with Crippen molar-refractivity contribution in [3.8, 4) is 17.0 Å². The third-order valence-electron chi connectivity index (χ3n) is 4.66. The summed E-state index contributed by atoms with van der Waals surface area (Å²) in [7, 11) is -2.19. The summed E-state index contributed by atoms with van der Waals surface area (Å²) >= 11 is 0. The largest absolute Gasteiger partial charge is 0.497 e. The summed E-state index contributed by atoms with van der Waals surface area (Å²) in [6, 6.07) is 23.6. The van der Waals surface area contributed by atoms with Crippen LogP contribution in [-0.2, 0) is 10.0 Å². The summed E-state index contributed by atoms with van der Waals surface area (Å²) in [6.45, 7) is 1.92. The lowest BCUT2D eigenvalue weighted by Crippen LogP contribution is -2.13. The second-order valence-corrected chi connectivity index (χ2v) is 8.41. The Hall–Kier alpha value is -3.38. The van der Waals surface area contributed by atoms with E-state index in [1.165, 1.54) is 0 Å². The first-order valence-electron chi connectivity index (χ1n) is 9.10. The lowest BCUT2D eigenvalue weighted by Gasteiger charge is -2.14. The van der Waals surface area contributed by atoms with E-state index >= 15 is 0 Å². The number of aryl methyl sites for hydroxylation is 1. The molecule has 146 valence electrons. The molecule has 0 bridgehead atoms. The molecule has 0 radical (unpaired) electrons. The van der Waals surface area contributed by atoms with Crippen LogP contribution in [0.1, 0.15) is 5.56 Å². The molecular weight excluding hydrogens is 384 g/mol. The highest BCUT2D eigenvalue weighted by atomic mass is 32.2. The Morgan fingerprint density at radius 1 is 0.897 bits per heavy atom. The lowest BCUT2D eigenvalue weighted by molar-refractivity contribution is 0.415. The first kappa shape index (κ1) is 19.0. The van der Waals surface area contributed by atoms with E-state index in [1.54, 1.807) is 43.5 Å². The van der Waals surface area contributed by atoms with Crippen molar-refractivity contribution >= 4 is 26.6 Å². The van der Waals surface area contributed by atoms with Crippen LogP contribution in [0.2, 0.25) is 0 Å². The second kappa shape index (κ2) is 7.56. The van der Waals surface area contributed by atoms with Crippen LogP contribution in [0.25, 0.3) is 22.2 Å². The molecule has 0 aliphatic heterocycles. The molecule has 29 heavy (non-hydrogen) atoms. The molecule has 1 heterocycles. The van der Waals surface area contributed by atoms with E-state index in [-0.39, 0.29) is 4.90 Å². The zero-order valence-corrected chi connectivity index (χ0v) is 16.9. The number of benzene rings is 3. The standard InChI is InChI=1S/C23H20N2O3S/c1-16-8-11-19(12-9-16)29(26,27)25-23-15-22(17-6-4-3-5-7-17)24-21-13-10-18(28-2)14-20(21)23/h3-15H,1-2H3,(H,24,25). The van der Waals surface area contributed by atoms with Gasteiger partial charge in [0.15, 0.2) is 0 Å². The number of fused-ring (bicyclic) bond motifs is 1. The van der Waals surface area contributed by atoms with Gasteiger partial charge in [-0.1, -0.05) is 48.0 Å². The van der Waals surface area contributed by atoms with Crippen molar-refractivity contribution in [1.82, 2.24) is 4.98 Å². The number of nitrogens with one attached hydrogen (secondary N) is 1. The molecule has 0 atom stereocenters. The molecule has 0 unspecified atom stereocenters. The van der Waals surface area contributed by atoms with Crippen LogP contribution in [0.4, 0.5) is 5.69 Å².